The molecule has 1 aromatic heterocycles. The predicted octanol–water partition coefficient (Wildman–Crippen LogP) is 2.11. The first-order valence-corrected chi connectivity index (χ1v) is 5.63. The number of carboxylic acid groups (broad SMARTS) is 1. The minimum absolute atomic E-state index is 0.0758. The van der Waals surface area contributed by atoms with Crippen LogP contribution in [0, 0.1) is 0 Å². The fourth-order valence-corrected chi connectivity index (χ4v) is 1.37. The lowest BCUT2D eigenvalue weighted by Crippen LogP contribution is -2.12. The SMILES string of the molecule is CC(C)Oc1nccc(C(=O)O)c1OC1CC1. The topological polar surface area (TPSA) is 68.7 Å². The molecule has 5 nitrogen and oxygen atoms in total. The number of aromatic carboxylic acids is 1. The summed E-state index contributed by atoms with van der Waals surface area (Å²) in [5, 5.41) is 9.09. The monoisotopic (exact) mass is 237 g/mol. The summed E-state index contributed by atoms with van der Waals surface area (Å²) in [5.41, 5.74) is 0.0996. The van der Waals surface area contributed by atoms with Gasteiger partial charge in [-0.25, -0.2) is 9.78 Å². The van der Waals surface area contributed by atoms with E-state index >= 15 is 0 Å². The Morgan fingerprint density at radius 1 is 1.53 bits per heavy atom. The Bertz CT molecular complexity index is 427. The molecule has 1 fully saturated rings. The fourth-order valence-electron chi connectivity index (χ4n) is 1.37. The average Bonchev–Trinajstić information content (AvgIpc) is 3.03. The number of nitrogens with zero attached hydrogens (tertiary/aromatic N) is 1. The van der Waals surface area contributed by atoms with Gasteiger partial charge in [0.2, 0.25) is 0 Å². The maximum absolute atomic E-state index is 11.1. The lowest BCUT2D eigenvalue weighted by atomic mass is 10.2. The Hall–Kier alpha value is -1.78. The second-order valence-electron chi connectivity index (χ2n) is 4.28. The van der Waals surface area contributed by atoms with Crippen molar-refractivity contribution < 1.29 is 19.4 Å². The van der Waals surface area contributed by atoms with Gasteiger partial charge in [0.1, 0.15) is 5.56 Å². The standard InChI is InChI=1S/C12H15NO4/c1-7(2)16-11-10(17-8-3-4-8)9(12(14)15)5-6-13-11/h5-8H,3-4H2,1-2H3,(H,14,15). The van der Waals surface area contributed by atoms with E-state index in [1.165, 1.54) is 12.3 Å². The number of hydrogen-bond donors (Lipinski definition) is 1. The molecule has 1 aliphatic rings. The van der Waals surface area contributed by atoms with Crippen LogP contribution in [0.3, 0.4) is 0 Å². The molecule has 0 radical (unpaired) electrons. The molecule has 2 rings (SSSR count). The van der Waals surface area contributed by atoms with Crippen molar-refractivity contribution in [2.45, 2.75) is 38.9 Å². The molecular weight excluding hydrogens is 222 g/mol. The van der Waals surface area contributed by atoms with Crippen molar-refractivity contribution in [1.82, 2.24) is 4.98 Å². The van der Waals surface area contributed by atoms with E-state index in [-0.39, 0.29) is 29.4 Å². The summed E-state index contributed by atoms with van der Waals surface area (Å²) in [4.78, 5) is 15.1. The average molecular weight is 237 g/mol. The van der Waals surface area contributed by atoms with Crippen molar-refractivity contribution in [3.63, 3.8) is 0 Å². The van der Waals surface area contributed by atoms with E-state index in [0.29, 0.717) is 0 Å². The van der Waals surface area contributed by atoms with Crippen LogP contribution in [0.1, 0.15) is 37.0 Å². The number of ether oxygens (including phenoxy) is 2. The Morgan fingerprint density at radius 3 is 2.76 bits per heavy atom. The molecule has 1 heterocycles. The molecule has 0 spiro atoms. The molecular formula is C12H15NO4. The van der Waals surface area contributed by atoms with Crippen LogP contribution in [0.4, 0.5) is 0 Å². The smallest absolute Gasteiger partial charge is 0.339 e. The zero-order chi connectivity index (χ0) is 12.4. The first-order valence-electron chi connectivity index (χ1n) is 5.63. The number of rotatable bonds is 5. The van der Waals surface area contributed by atoms with Crippen LogP contribution >= 0.6 is 0 Å². The second-order valence-corrected chi connectivity index (χ2v) is 4.28. The van der Waals surface area contributed by atoms with Crippen LogP contribution in [0.15, 0.2) is 12.3 Å². The van der Waals surface area contributed by atoms with Crippen molar-refractivity contribution in [2.24, 2.45) is 0 Å². The summed E-state index contributed by atoms with van der Waals surface area (Å²) in [6.45, 7) is 3.71. The van der Waals surface area contributed by atoms with Crippen LogP contribution in [-0.2, 0) is 0 Å². The highest BCUT2D eigenvalue weighted by molar-refractivity contribution is 5.91. The Kier molecular flexibility index (Phi) is 3.17. The summed E-state index contributed by atoms with van der Waals surface area (Å²) >= 11 is 0. The van der Waals surface area contributed by atoms with Crippen molar-refractivity contribution in [1.29, 1.82) is 0 Å². The lowest BCUT2D eigenvalue weighted by molar-refractivity contribution is 0.0689. The molecule has 0 aliphatic heterocycles. The number of carboxylic acids is 1. The van der Waals surface area contributed by atoms with Gasteiger partial charge in [0.25, 0.3) is 5.88 Å². The number of aromatic nitrogens is 1. The number of hydrogen-bond acceptors (Lipinski definition) is 4. The third-order valence-corrected chi connectivity index (χ3v) is 2.26. The minimum Gasteiger partial charge on any atom is -0.484 e. The highest BCUT2D eigenvalue weighted by Gasteiger charge is 2.28. The van der Waals surface area contributed by atoms with Gasteiger partial charge >= 0.3 is 5.97 Å². The Balaban J connectivity index is 2.34. The molecule has 0 saturated heterocycles. The van der Waals surface area contributed by atoms with Gasteiger partial charge in [-0.3, -0.25) is 0 Å². The highest BCUT2D eigenvalue weighted by Crippen LogP contribution is 2.35. The van der Waals surface area contributed by atoms with Gasteiger partial charge in [-0.15, -0.1) is 0 Å². The van der Waals surface area contributed by atoms with Crippen molar-refractivity contribution in [2.75, 3.05) is 0 Å². The van der Waals surface area contributed by atoms with E-state index in [1.807, 2.05) is 13.8 Å². The maximum atomic E-state index is 11.1. The van der Waals surface area contributed by atoms with E-state index in [4.69, 9.17) is 14.6 Å². The number of pyridine rings is 1. The van der Waals surface area contributed by atoms with Crippen LogP contribution in [-0.4, -0.2) is 28.3 Å². The second kappa shape index (κ2) is 4.61. The molecule has 1 N–H and O–H groups in total. The van der Waals surface area contributed by atoms with Crippen LogP contribution < -0.4 is 9.47 Å². The first-order chi connectivity index (χ1) is 8.08. The van der Waals surface area contributed by atoms with Gasteiger partial charge in [-0.05, 0) is 32.8 Å². The maximum Gasteiger partial charge on any atom is 0.339 e. The summed E-state index contributed by atoms with van der Waals surface area (Å²) in [6, 6.07) is 1.42. The summed E-state index contributed by atoms with van der Waals surface area (Å²) < 4.78 is 11.0. The largest absolute Gasteiger partial charge is 0.484 e. The predicted molar refractivity (Wildman–Crippen MR) is 60.6 cm³/mol. The summed E-state index contributed by atoms with van der Waals surface area (Å²) in [7, 11) is 0. The molecule has 0 bridgehead atoms. The quantitative estimate of drug-likeness (QED) is 0.849. The van der Waals surface area contributed by atoms with Gasteiger partial charge < -0.3 is 14.6 Å². The first kappa shape index (κ1) is 11.7. The normalized spacial score (nSPS) is 14.8. The van der Waals surface area contributed by atoms with Gasteiger partial charge in [0.05, 0.1) is 12.2 Å². The third kappa shape index (κ3) is 2.87. The van der Waals surface area contributed by atoms with Crippen LogP contribution in [0.25, 0.3) is 0 Å². The summed E-state index contributed by atoms with van der Waals surface area (Å²) in [5.74, 6) is -0.528. The highest BCUT2D eigenvalue weighted by atomic mass is 16.5. The molecule has 5 heteroatoms. The van der Waals surface area contributed by atoms with Gasteiger partial charge in [-0.1, -0.05) is 0 Å². The molecule has 1 saturated carbocycles. The lowest BCUT2D eigenvalue weighted by Gasteiger charge is -2.15. The Labute approximate surface area is 99.4 Å². The third-order valence-electron chi connectivity index (χ3n) is 2.26. The molecule has 0 unspecified atom stereocenters. The van der Waals surface area contributed by atoms with Gasteiger partial charge in [-0.2, -0.15) is 0 Å². The summed E-state index contributed by atoms with van der Waals surface area (Å²) in [6.07, 6.45) is 3.35. The van der Waals surface area contributed by atoms with Crippen LogP contribution in [0.5, 0.6) is 11.6 Å². The zero-order valence-electron chi connectivity index (χ0n) is 9.84. The van der Waals surface area contributed by atoms with Gasteiger partial charge in [0, 0.05) is 6.20 Å². The number of carbonyl (C=O) groups is 1. The fraction of sp³-hybridized carbons (Fsp3) is 0.500. The molecule has 0 aromatic carbocycles. The van der Waals surface area contributed by atoms with E-state index in [2.05, 4.69) is 4.98 Å². The molecule has 1 aliphatic carbocycles. The van der Waals surface area contributed by atoms with Crippen molar-refractivity contribution in [3.05, 3.63) is 17.8 Å². The molecule has 0 atom stereocenters. The Morgan fingerprint density at radius 2 is 2.24 bits per heavy atom. The van der Waals surface area contributed by atoms with Crippen LogP contribution in [0.2, 0.25) is 0 Å². The van der Waals surface area contributed by atoms with Crippen molar-refractivity contribution >= 4 is 5.97 Å². The van der Waals surface area contributed by atoms with E-state index in [9.17, 15) is 4.79 Å². The molecule has 1 aromatic rings. The van der Waals surface area contributed by atoms with Gasteiger partial charge in [0.15, 0.2) is 5.75 Å². The zero-order valence-corrected chi connectivity index (χ0v) is 9.84. The van der Waals surface area contributed by atoms with E-state index in [0.717, 1.165) is 12.8 Å². The minimum atomic E-state index is -1.03. The van der Waals surface area contributed by atoms with E-state index in [1.54, 1.807) is 0 Å². The molecule has 92 valence electrons. The van der Waals surface area contributed by atoms with Crippen molar-refractivity contribution in [3.8, 4) is 11.6 Å². The molecule has 17 heavy (non-hydrogen) atoms. The van der Waals surface area contributed by atoms with E-state index < -0.39 is 5.97 Å². The molecule has 0 amide bonds.